The molecule has 1 N–H and O–H groups in total. The van der Waals surface area contributed by atoms with Gasteiger partial charge in [-0.25, -0.2) is 9.78 Å². The molecule has 0 fully saturated rings. The van der Waals surface area contributed by atoms with Gasteiger partial charge in [-0.1, -0.05) is 30.3 Å². The van der Waals surface area contributed by atoms with Crippen LogP contribution in [0.15, 0.2) is 60.9 Å². The van der Waals surface area contributed by atoms with Crippen molar-refractivity contribution >= 4 is 22.4 Å². The normalized spacial score (nSPS) is 13.2. The van der Waals surface area contributed by atoms with Gasteiger partial charge >= 0.3 is 5.97 Å². The first-order chi connectivity index (χ1) is 14.6. The summed E-state index contributed by atoms with van der Waals surface area (Å²) in [6.07, 6.45) is 3.80. The molecule has 1 aliphatic heterocycles. The Bertz CT molecular complexity index is 1260. The van der Waals surface area contributed by atoms with Crippen molar-refractivity contribution in [2.45, 2.75) is 6.54 Å². The third kappa shape index (κ3) is 3.24. The van der Waals surface area contributed by atoms with Crippen molar-refractivity contribution in [3.63, 3.8) is 0 Å². The molecule has 2 aromatic heterocycles. The van der Waals surface area contributed by atoms with Crippen LogP contribution in [0.2, 0.25) is 0 Å². The van der Waals surface area contributed by atoms with Crippen LogP contribution in [-0.4, -0.2) is 39.0 Å². The van der Waals surface area contributed by atoms with Gasteiger partial charge in [0.1, 0.15) is 18.1 Å². The van der Waals surface area contributed by atoms with E-state index < -0.39 is 5.97 Å². The molecule has 0 bridgehead atoms. The van der Waals surface area contributed by atoms with Crippen LogP contribution in [0.4, 0.5) is 5.69 Å². The molecule has 0 unspecified atom stereocenters. The molecule has 2 aromatic carbocycles. The number of carboxylic acids is 1. The van der Waals surface area contributed by atoms with Crippen LogP contribution in [0, 0.1) is 0 Å². The number of aryl methyl sites for hydroxylation is 1. The molecule has 5 rings (SSSR count). The summed E-state index contributed by atoms with van der Waals surface area (Å²) < 4.78 is 7.70. The SMILES string of the molecule is Cn1cc(-c2ccc3c(c2)OCCN3Cc2nc(C(=O)O)cc3ccccc23)cn1. The summed E-state index contributed by atoms with van der Waals surface area (Å²) in [5, 5.41) is 15.5. The molecule has 1 aliphatic rings. The lowest BCUT2D eigenvalue weighted by Crippen LogP contribution is -2.32. The summed E-state index contributed by atoms with van der Waals surface area (Å²) >= 11 is 0. The van der Waals surface area contributed by atoms with Crippen molar-refractivity contribution in [2.75, 3.05) is 18.1 Å². The van der Waals surface area contributed by atoms with Crippen LogP contribution < -0.4 is 9.64 Å². The van der Waals surface area contributed by atoms with E-state index in [0.29, 0.717) is 19.7 Å². The first-order valence-corrected chi connectivity index (χ1v) is 9.71. The molecule has 0 saturated carbocycles. The van der Waals surface area contributed by atoms with Crippen molar-refractivity contribution in [1.29, 1.82) is 0 Å². The van der Waals surface area contributed by atoms with Gasteiger partial charge in [0, 0.05) is 24.2 Å². The fraction of sp³-hybridized carbons (Fsp3) is 0.174. The summed E-state index contributed by atoms with van der Waals surface area (Å²) in [6, 6.07) is 15.5. The van der Waals surface area contributed by atoms with E-state index in [1.807, 2.05) is 55.8 Å². The molecule has 150 valence electrons. The fourth-order valence-corrected chi connectivity index (χ4v) is 3.87. The number of carbonyl (C=O) groups is 1. The topological polar surface area (TPSA) is 80.5 Å². The second kappa shape index (κ2) is 7.18. The minimum absolute atomic E-state index is 0.0594. The molecule has 4 aromatic rings. The van der Waals surface area contributed by atoms with Crippen molar-refractivity contribution in [3.05, 3.63) is 72.3 Å². The molecular formula is C23H20N4O3. The second-order valence-corrected chi connectivity index (χ2v) is 7.34. The lowest BCUT2D eigenvalue weighted by molar-refractivity contribution is 0.0690. The summed E-state index contributed by atoms with van der Waals surface area (Å²) in [5.74, 6) is -0.216. The van der Waals surface area contributed by atoms with Crippen LogP contribution >= 0.6 is 0 Å². The Balaban J connectivity index is 1.52. The van der Waals surface area contributed by atoms with Gasteiger partial charge in [-0.05, 0) is 29.1 Å². The molecule has 7 nitrogen and oxygen atoms in total. The highest BCUT2D eigenvalue weighted by Crippen LogP contribution is 2.36. The zero-order chi connectivity index (χ0) is 20.7. The number of nitrogens with zero attached hydrogens (tertiary/aromatic N) is 4. The number of pyridine rings is 1. The van der Waals surface area contributed by atoms with Crippen LogP contribution in [0.5, 0.6) is 5.75 Å². The molecule has 0 atom stereocenters. The summed E-state index contributed by atoms with van der Waals surface area (Å²) in [7, 11) is 1.89. The molecule has 30 heavy (non-hydrogen) atoms. The van der Waals surface area contributed by atoms with Gasteiger partial charge in [-0.2, -0.15) is 5.10 Å². The number of fused-ring (bicyclic) bond motifs is 2. The van der Waals surface area contributed by atoms with Gasteiger partial charge in [0.2, 0.25) is 0 Å². The number of anilines is 1. The first-order valence-electron chi connectivity index (χ1n) is 9.71. The van der Waals surface area contributed by atoms with E-state index in [9.17, 15) is 9.90 Å². The van der Waals surface area contributed by atoms with E-state index >= 15 is 0 Å². The lowest BCUT2D eigenvalue weighted by atomic mass is 10.1. The monoisotopic (exact) mass is 400 g/mol. The molecule has 0 saturated heterocycles. The van der Waals surface area contributed by atoms with Crippen LogP contribution in [0.25, 0.3) is 21.9 Å². The van der Waals surface area contributed by atoms with E-state index in [1.54, 1.807) is 10.7 Å². The van der Waals surface area contributed by atoms with E-state index in [0.717, 1.165) is 39.0 Å². The van der Waals surface area contributed by atoms with Gasteiger partial charge in [0.15, 0.2) is 0 Å². The van der Waals surface area contributed by atoms with Gasteiger partial charge < -0.3 is 14.7 Å². The van der Waals surface area contributed by atoms with Crippen LogP contribution in [-0.2, 0) is 13.6 Å². The van der Waals surface area contributed by atoms with Crippen molar-refractivity contribution in [1.82, 2.24) is 14.8 Å². The van der Waals surface area contributed by atoms with E-state index in [2.05, 4.69) is 21.0 Å². The maximum Gasteiger partial charge on any atom is 0.354 e. The molecule has 3 heterocycles. The van der Waals surface area contributed by atoms with Gasteiger partial charge in [0.05, 0.1) is 30.7 Å². The Morgan fingerprint density at radius 3 is 2.83 bits per heavy atom. The number of carboxylic acid groups (broad SMARTS) is 1. The highest BCUT2D eigenvalue weighted by Gasteiger charge is 2.21. The Kier molecular flexibility index (Phi) is 4.35. The third-order valence-corrected chi connectivity index (χ3v) is 5.34. The third-order valence-electron chi connectivity index (χ3n) is 5.34. The lowest BCUT2D eigenvalue weighted by Gasteiger charge is -2.31. The highest BCUT2D eigenvalue weighted by atomic mass is 16.5. The molecular weight excluding hydrogens is 380 g/mol. The molecule has 0 spiro atoms. The second-order valence-electron chi connectivity index (χ2n) is 7.34. The summed E-state index contributed by atoms with van der Waals surface area (Å²) in [5.41, 5.74) is 3.85. The maximum atomic E-state index is 11.6. The zero-order valence-electron chi connectivity index (χ0n) is 16.4. The average Bonchev–Trinajstić information content (AvgIpc) is 3.20. The number of hydrogen-bond acceptors (Lipinski definition) is 5. The molecule has 0 aliphatic carbocycles. The van der Waals surface area contributed by atoms with Crippen molar-refractivity contribution in [2.24, 2.45) is 7.05 Å². The smallest absolute Gasteiger partial charge is 0.354 e. The standard InChI is InChI=1S/C23H20N4O3/c1-26-13-17(12-24-26)15-6-7-21-22(11-15)30-9-8-27(21)14-20-18-5-3-2-4-16(18)10-19(25-20)23(28)29/h2-7,10-13H,8-9,14H2,1H3,(H,28,29). The number of aromatic carboxylic acids is 1. The average molecular weight is 400 g/mol. The van der Waals surface area contributed by atoms with Crippen LogP contribution in [0.3, 0.4) is 0 Å². The Morgan fingerprint density at radius 2 is 2.03 bits per heavy atom. The number of hydrogen-bond donors (Lipinski definition) is 1. The predicted molar refractivity (Wildman–Crippen MR) is 114 cm³/mol. The van der Waals surface area contributed by atoms with Gasteiger partial charge in [-0.15, -0.1) is 0 Å². The highest BCUT2D eigenvalue weighted by molar-refractivity contribution is 5.93. The van der Waals surface area contributed by atoms with Gasteiger partial charge in [-0.3, -0.25) is 4.68 Å². The number of rotatable bonds is 4. The number of aromatic nitrogens is 3. The maximum absolute atomic E-state index is 11.6. The van der Waals surface area contributed by atoms with Crippen molar-refractivity contribution < 1.29 is 14.6 Å². The summed E-state index contributed by atoms with van der Waals surface area (Å²) in [4.78, 5) is 18.2. The van der Waals surface area contributed by atoms with Crippen molar-refractivity contribution in [3.8, 4) is 16.9 Å². The Labute approximate surface area is 173 Å². The predicted octanol–water partition coefficient (Wildman–Crippen LogP) is 3.73. The molecule has 0 amide bonds. The summed E-state index contributed by atoms with van der Waals surface area (Å²) in [6.45, 7) is 1.76. The Hall–Kier alpha value is -3.87. The first kappa shape index (κ1) is 18.2. The quantitative estimate of drug-likeness (QED) is 0.562. The molecule has 7 heteroatoms. The number of benzene rings is 2. The van der Waals surface area contributed by atoms with Crippen LogP contribution in [0.1, 0.15) is 16.2 Å². The zero-order valence-corrected chi connectivity index (χ0v) is 16.4. The van der Waals surface area contributed by atoms with Gasteiger partial charge in [0.25, 0.3) is 0 Å². The van der Waals surface area contributed by atoms with E-state index in [4.69, 9.17) is 4.74 Å². The largest absolute Gasteiger partial charge is 0.490 e. The fourth-order valence-electron chi connectivity index (χ4n) is 3.87. The van der Waals surface area contributed by atoms with E-state index in [1.165, 1.54) is 0 Å². The molecule has 0 radical (unpaired) electrons. The number of ether oxygens (including phenoxy) is 1. The Morgan fingerprint density at radius 1 is 1.17 bits per heavy atom. The van der Waals surface area contributed by atoms with E-state index in [-0.39, 0.29) is 5.69 Å². The minimum Gasteiger partial charge on any atom is -0.490 e. The minimum atomic E-state index is -1.02.